The Morgan fingerprint density at radius 1 is 1.31 bits per heavy atom. The second kappa shape index (κ2) is 4.51. The van der Waals surface area contributed by atoms with Gasteiger partial charge in [-0.05, 0) is 45.4 Å². The first-order chi connectivity index (χ1) is 7.28. The molecule has 0 saturated carbocycles. The molecule has 0 heterocycles. The Kier molecular flexibility index (Phi) is 3.52. The van der Waals surface area contributed by atoms with Gasteiger partial charge >= 0.3 is 6.03 Å². The molecule has 0 aromatic heterocycles. The summed E-state index contributed by atoms with van der Waals surface area (Å²) in [7, 11) is 0. The molecule has 0 aliphatic carbocycles. The predicted octanol–water partition coefficient (Wildman–Crippen LogP) is 3.05. The quantitative estimate of drug-likeness (QED) is 0.756. The van der Waals surface area contributed by atoms with E-state index in [1.54, 1.807) is 12.1 Å². The highest BCUT2D eigenvalue weighted by molar-refractivity contribution is 5.89. The predicted molar refractivity (Wildman–Crippen MR) is 63.0 cm³/mol. The molecule has 2 amide bonds. The van der Waals surface area contributed by atoms with E-state index >= 15 is 0 Å². The molecular formula is C12H17FN2O. The third-order valence-corrected chi connectivity index (χ3v) is 1.86. The zero-order valence-corrected chi connectivity index (χ0v) is 10.0. The van der Waals surface area contributed by atoms with E-state index in [1.807, 2.05) is 27.7 Å². The summed E-state index contributed by atoms with van der Waals surface area (Å²) < 4.78 is 13.3. The molecule has 1 rings (SSSR count). The lowest BCUT2D eigenvalue weighted by atomic mass is 10.1. The number of halogens is 1. The Bertz CT molecular complexity index is 396. The molecule has 4 heteroatoms. The number of nitrogens with one attached hydrogen (secondary N) is 2. The molecule has 0 bridgehead atoms. The number of carbonyl (C=O) groups is 1. The fourth-order valence-corrected chi connectivity index (χ4v) is 1.23. The van der Waals surface area contributed by atoms with E-state index in [-0.39, 0.29) is 11.2 Å². The highest BCUT2D eigenvalue weighted by atomic mass is 19.1. The van der Waals surface area contributed by atoms with Crippen molar-refractivity contribution >= 4 is 11.7 Å². The van der Waals surface area contributed by atoms with Gasteiger partial charge in [0.25, 0.3) is 0 Å². The fraction of sp³-hybridized carbons (Fsp3) is 0.417. The van der Waals surface area contributed by atoms with Crippen molar-refractivity contribution < 1.29 is 9.18 Å². The van der Waals surface area contributed by atoms with E-state index in [4.69, 9.17) is 0 Å². The van der Waals surface area contributed by atoms with Crippen LogP contribution in [0.4, 0.5) is 14.9 Å². The van der Waals surface area contributed by atoms with Crippen LogP contribution in [-0.2, 0) is 0 Å². The van der Waals surface area contributed by atoms with Crippen LogP contribution in [0.5, 0.6) is 0 Å². The summed E-state index contributed by atoms with van der Waals surface area (Å²) >= 11 is 0. The Balaban J connectivity index is 2.73. The summed E-state index contributed by atoms with van der Waals surface area (Å²) in [6, 6.07) is 4.18. The van der Waals surface area contributed by atoms with Crippen LogP contribution in [-0.4, -0.2) is 11.6 Å². The standard InChI is InChI=1S/C12H17FN2O/c1-8-5-6-9(13)10(7-8)14-11(16)15-12(2,3)4/h5-7H,1-4H3,(H2,14,15,16). The van der Waals surface area contributed by atoms with Gasteiger partial charge in [0.1, 0.15) is 5.82 Å². The van der Waals surface area contributed by atoms with E-state index in [9.17, 15) is 9.18 Å². The van der Waals surface area contributed by atoms with Gasteiger partial charge in [-0.1, -0.05) is 6.07 Å². The number of aryl methyl sites for hydroxylation is 1. The Labute approximate surface area is 95.0 Å². The zero-order chi connectivity index (χ0) is 12.3. The number of rotatable bonds is 1. The normalized spacial score (nSPS) is 11.1. The number of carbonyl (C=O) groups excluding carboxylic acids is 1. The Morgan fingerprint density at radius 3 is 2.50 bits per heavy atom. The molecule has 0 spiro atoms. The SMILES string of the molecule is Cc1ccc(F)c(NC(=O)NC(C)(C)C)c1. The van der Waals surface area contributed by atoms with E-state index in [0.29, 0.717) is 0 Å². The topological polar surface area (TPSA) is 41.1 Å². The summed E-state index contributed by atoms with van der Waals surface area (Å²) in [4.78, 5) is 11.5. The Hall–Kier alpha value is -1.58. The zero-order valence-electron chi connectivity index (χ0n) is 10.0. The van der Waals surface area contributed by atoms with E-state index in [1.165, 1.54) is 6.07 Å². The second-order valence-electron chi connectivity index (χ2n) is 4.81. The molecule has 0 radical (unpaired) electrons. The number of hydrogen-bond donors (Lipinski definition) is 2. The van der Waals surface area contributed by atoms with Crippen LogP contribution in [0.15, 0.2) is 18.2 Å². The van der Waals surface area contributed by atoms with Gasteiger partial charge in [-0.3, -0.25) is 0 Å². The van der Waals surface area contributed by atoms with Gasteiger partial charge < -0.3 is 10.6 Å². The van der Waals surface area contributed by atoms with Crippen LogP contribution in [0, 0.1) is 12.7 Å². The summed E-state index contributed by atoms with van der Waals surface area (Å²) in [6.07, 6.45) is 0. The maximum Gasteiger partial charge on any atom is 0.319 e. The number of urea groups is 1. The average molecular weight is 224 g/mol. The van der Waals surface area contributed by atoms with Gasteiger partial charge in [0.2, 0.25) is 0 Å². The van der Waals surface area contributed by atoms with Crippen molar-refractivity contribution in [2.75, 3.05) is 5.32 Å². The molecule has 0 aliphatic rings. The van der Waals surface area contributed by atoms with E-state index in [0.717, 1.165) is 5.56 Å². The lowest BCUT2D eigenvalue weighted by Gasteiger charge is -2.20. The van der Waals surface area contributed by atoms with Gasteiger partial charge in [-0.25, -0.2) is 9.18 Å². The third kappa shape index (κ3) is 3.88. The summed E-state index contributed by atoms with van der Waals surface area (Å²) in [5, 5.41) is 5.18. The summed E-state index contributed by atoms with van der Waals surface area (Å²) in [6.45, 7) is 7.42. The minimum atomic E-state index is -0.436. The van der Waals surface area contributed by atoms with Crippen LogP contribution in [0.1, 0.15) is 26.3 Å². The minimum Gasteiger partial charge on any atom is -0.333 e. The Morgan fingerprint density at radius 2 is 1.94 bits per heavy atom. The first kappa shape index (κ1) is 12.5. The van der Waals surface area contributed by atoms with Crippen molar-refractivity contribution in [3.8, 4) is 0 Å². The molecular weight excluding hydrogens is 207 g/mol. The number of benzene rings is 1. The molecule has 88 valence electrons. The van der Waals surface area contributed by atoms with Crippen molar-refractivity contribution in [2.45, 2.75) is 33.2 Å². The second-order valence-corrected chi connectivity index (χ2v) is 4.81. The highest BCUT2D eigenvalue weighted by Gasteiger charge is 2.14. The molecule has 16 heavy (non-hydrogen) atoms. The van der Waals surface area contributed by atoms with Crippen molar-refractivity contribution in [1.29, 1.82) is 0 Å². The van der Waals surface area contributed by atoms with E-state index < -0.39 is 11.8 Å². The van der Waals surface area contributed by atoms with Gasteiger partial charge in [0.15, 0.2) is 0 Å². The van der Waals surface area contributed by atoms with Crippen LogP contribution in [0.25, 0.3) is 0 Å². The van der Waals surface area contributed by atoms with Crippen LogP contribution in [0.2, 0.25) is 0 Å². The smallest absolute Gasteiger partial charge is 0.319 e. The fourth-order valence-electron chi connectivity index (χ4n) is 1.23. The van der Waals surface area contributed by atoms with E-state index in [2.05, 4.69) is 10.6 Å². The van der Waals surface area contributed by atoms with Crippen molar-refractivity contribution in [2.24, 2.45) is 0 Å². The maximum atomic E-state index is 13.3. The molecule has 0 saturated heterocycles. The van der Waals surface area contributed by atoms with Crippen LogP contribution in [0.3, 0.4) is 0 Å². The number of anilines is 1. The largest absolute Gasteiger partial charge is 0.333 e. The summed E-state index contributed by atoms with van der Waals surface area (Å²) in [5.74, 6) is -0.436. The molecule has 0 atom stereocenters. The lowest BCUT2D eigenvalue weighted by Crippen LogP contribution is -2.43. The third-order valence-electron chi connectivity index (χ3n) is 1.86. The molecule has 1 aromatic rings. The minimum absolute atomic E-state index is 0.196. The lowest BCUT2D eigenvalue weighted by molar-refractivity contribution is 0.243. The number of hydrogen-bond acceptors (Lipinski definition) is 1. The average Bonchev–Trinajstić information content (AvgIpc) is 2.08. The molecule has 0 aliphatic heterocycles. The molecule has 0 fully saturated rings. The van der Waals surface area contributed by atoms with Gasteiger partial charge in [-0.15, -0.1) is 0 Å². The molecule has 2 N–H and O–H groups in total. The van der Waals surface area contributed by atoms with Crippen molar-refractivity contribution in [3.05, 3.63) is 29.6 Å². The van der Waals surface area contributed by atoms with Gasteiger partial charge in [0.05, 0.1) is 5.69 Å². The van der Waals surface area contributed by atoms with Crippen LogP contribution >= 0.6 is 0 Å². The van der Waals surface area contributed by atoms with Gasteiger partial charge in [-0.2, -0.15) is 0 Å². The molecule has 0 unspecified atom stereocenters. The molecule has 3 nitrogen and oxygen atoms in total. The first-order valence-corrected chi connectivity index (χ1v) is 5.13. The number of amides is 2. The van der Waals surface area contributed by atoms with Crippen LogP contribution < -0.4 is 10.6 Å². The maximum absolute atomic E-state index is 13.3. The molecule has 1 aromatic carbocycles. The first-order valence-electron chi connectivity index (χ1n) is 5.13. The van der Waals surface area contributed by atoms with Crippen molar-refractivity contribution in [3.63, 3.8) is 0 Å². The monoisotopic (exact) mass is 224 g/mol. The summed E-state index contributed by atoms with van der Waals surface area (Å²) in [5.41, 5.74) is 0.749. The highest BCUT2D eigenvalue weighted by Crippen LogP contribution is 2.15. The van der Waals surface area contributed by atoms with Gasteiger partial charge in [0, 0.05) is 5.54 Å². The van der Waals surface area contributed by atoms with Crippen molar-refractivity contribution in [1.82, 2.24) is 5.32 Å².